The number of aryl methyl sites for hydroxylation is 1. The smallest absolute Gasteiger partial charge is 0.141 e. The molecule has 0 fully saturated rings. The maximum absolute atomic E-state index is 9.68. The van der Waals surface area contributed by atoms with Crippen molar-refractivity contribution in [2.45, 2.75) is 19.3 Å². The fraction of sp³-hybridized carbons (Fsp3) is 0.455. The molecule has 0 aromatic heterocycles. The second kappa shape index (κ2) is 5.83. The molecule has 0 amide bonds. The van der Waals surface area contributed by atoms with Crippen LogP contribution in [0.2, 0.25) is 5.02 Å². The highest BCUT2D eigenvalue weighted by molar-refractivity contribution is 6.32. The Morgan fingerprint density at radius 2 is 2.13 bits per heavy atom. The Labute approximate surface area is 94.8 Å². The summed E-state index contributed by atoms with van der Waals surface area (Å²) >= 11 is 5.95. The summed E-state index contributed by atoms with van der Waals surface area (Å²) in [7, 11) is 1.52. The number of aromatic hydroxyl groups is 1. The van der Waals surface area contributed by atoms with Crippen molar-refractivity contribution in [3.05, 3.63) is 22.7 Å². The van der Waals surface area contributed by atoms with Crippen LogP contribution < -0.4 is 10.5 Å². The quantitative estimate of drug-likeness (QED) is 0.762. The number of phenols is 1. The number of methoxy groups -OCH3 is 1. The van der Waals surface area contributed by atoms with E-state index in [1.165, 1.54) is 7.11 Å². The van der Waals surface area contributed by atoms with Gasteiger partial charge in [-0.1, -0.05) is 11.6 Å². The summed E-state index contributed by atoms with van der Waals surface area (Å²) in [5, 5.41) is 10.2. The van der Waals surface area contributed by atoms with Crippen LogP contribution >= 0.6 is 11.6 Å². The van der Waals surface area contributed by atoms with Gasteiger partial charge in [-0.2, -0.15) is 0 Å². The van der Waals surface area contributed by atoms with E-state index >= 15 is 0 Å². The highest BCUT2D eigenvalue weighted by Gasteiger charge is 2.07. The first kappa shape index (κ1) is 12.1. The van der Waals surface area contributed by atoms with E-state index < -0.39 is 0 Å². The molecule has 0 spiro atoms. The lowest BCUT2D eigenvalue weighted by Crippen LogP contribution is -1.99. The third-order valence-electron chi connectivity index (χ3n) is 2.25. The number of nitrogens with two attached hydrogens (primary N) is 1. The van der Waals surface area contributed by atoms with E-state index in [0.717, 1.165) is 24.8 Å². The molecule has 0 aliphatic carbocycles. The number of phenolic OH excluding ortho intramolecular Hbond substituents is 1. The minimum absolute atomic E-state index is 0.230. The Morgan fingerprint density at radius 1 is 1.40 bits per heavy atom. The third-order valence-corrected chi connectivity index (χ3v) is 2.55. The van der Waals surface area contributed by atoms with Crippen LogP contribution in [0, 0.1) is 0 Å². The van der Waals surface area contributed by atoms with Crippen molar-refractivity contribution in [2.75, 3.05) is 13.7 Å². The van der Waals surface area contributed by atoms with Crippen LogP contribution in [0.15, 0.2) is 12.1 Å². The molecule has 1 aromatic rings. The molecule has 0 saturated carbocycles. The normalized spacial score (nSPS) is 10.3. The number of halogens is 1. The molecular weight excluding hydrogens is 214 g/mol. The van der Waals surface area contributed by atoms with E-state index in [1.54, 1.807) is 12.1 Å². The van der Waals surface area contributed by atoms with E-state index in [-0.39, 0.29) is 5.75 Å². The molecule has 3 nitrogen and oxygen atoms in total. The lowest BCUT2D eigenvalue weighted by Gasteiger charge is -2.08. The number of benzene rings is 1. The molecule has 0 bridgehead atoms. The molecule has 4 heteroatoms. The van der Waals surface area contributed by atoms with Crippen LogP contribution in [-0.4, -0.2) is 18.8 Å². The zero-order chi connectivity index (χ0) is 11.3. The summed E-state index contributed by atoms with van der Waals surface area (Å²) in [4.78, 5) is 0. The molecule has 3 N–H and O–H groups in total. The molecule has 1 aromatic carbocycles. The van der Waals surface area contributed by atoms with Gasteiger partial charge in [0, 0.05) is 6.07 Å². The zero-order valence-electron chi connectivity index (χ0n) is 8.79. The van der Waals surface area contributed by atoms with Crippen LogP contribution in [0.3, 0.4) is 0 Å². The van der Waals surface area contributed by atoms with E-state index in [9.17, 15) is 5.11 Å². The first-order valence-electron chi connectivity index (χ1n) is 4.94. The van der Waals surface area contributed by atoms with Gasteiger partial charge >= 0.3 is 0 Å². The van der Waals surface area contributed by atoms with Crippen molar-refractivity contribution in [3.8, 4) is 11.5 Å². The topological polar surface area (TPSA) is 55.5 Å². The highest BCUT2D eigenvalue weighted by atomic mass is 35.5. The monoisotopic (exact) mass is 229 g/mol. The number of rotatable bonds is 5. The number of hydrogen-bond donors (Lipinski definition) is 2. The maximum Gasteiger partial charge on any atom is 0.141 e. The largest absolute Gasteiger partial charge is 0.508 e. The summed E-state index contributed by atoms with van der Waals surface area (Å²) in [6.45, 7) is 0.671. The lowest BCUT2D eigenvalue weighted by atomic mass is 10.1. The molecule has 1 rings (SSSR count). The van der Waals surface area contributed by atoms with Crippen LogP contribution in [0.4, 0.5) is 0 Å². The van der Waals surface area contributed by atoms with E-state index in [1.807, 2.05) is 0 Å². The van der Waals surface area contributed by atoms with Gasteiger partial charge in [0.25, 0.3) is 0 Å². The van der Waals surface area contributed by atoms with Gasteiger partial charge in [0.05, 0.1) is 12.1 Å². The van der Waals surface area contributed by atoms with Crippen LogP contribution in [0.5, 0.6) is 11.5 Å². The summed E-state index contributed by atoms with van der Waals surface area (Å²) in [6.07, 6.45) is 2.68. The zero-order valence-corrected chi connectivity index (χ0v) is 9.55. The van der Waals surface area contributed by atoms with Gasteiger partial charge in [-0.15, -0.1) is 0 Å². The van der Waals surface area contributed by atoms with Gasteiger partial charge in [-0.3, -0.25) is 0 Å². The summed E-state index contributed by atoms with van der Waals surface area (Å²) in [5.41, 5.74) is 6.24. The van der Waals surface area contributed by atoms with Gasteiger partial charge < -0.3 is 15.6 Å². The van der Waals surface area contributed by atoms with Gasteiger partial charge in [-0.25, -0.2) is 0 Å². The van der Waals surface area contributed by atoms with Crippen LogP contribution in [0.1, 0.15) is 18.4 Å². The van der Waals surface area contributed by atoms with Crippen LogP contribution in [0.25, 0.3) is 0 Å². The standard InChI is InChI=1S/C11H16ClNO2/c1-15-11-7-10(14)8(6-9(11)12)4-2-3-5-13/h6-7,14H,2-5,13H2,1H3. The summed E-state index contributed by atoms with van der Waals surface area (Å²) < 4.78 is 4.99. The first-order chi connectivity index (χ1) is 7.19. The Hall–Kier alpha value is -0.930. The average Bonchev–Trinajstić information content (AvgIpc) is 2.23. The Bertz CT molecular complexity index is 329. The van der Waals surface area contributed by atoms with Crippen molar-refractivity contribution in [1.29, 1.82) is 0 Å². The fourth-order valence-electron chi connectivity index (χ4n) is 1.40. The predicted octanol–water partition coefficient (Wildman–Crippen LogP) is 2.34. The number of hydrogen-bond acceptors (Lipinski definition) is 3. The SMILES string of the molecule is COc1cc(O)c(CCCCN)cc1Cl. The van der Waals surface area contributed by atoms with Crippen molar-refractivity contribution in [3.63, 3.8) is 0 Å². The molecule has 0 aliphatic heterocycles. The molecule has 0 saturated heterocycles. The molecular formula is C11H16ClNO2. The molecule has 84 valence electrons. The summed E-state index contributed by atoms with van der Waals surface area (Å²) in [6, 6.07) is 3.28. The van der Waals surface area contributed by atoms with E-state index in [0.29, 0.717) is 17.3 Å². The second-order valence-corrected chi connectivity index (χ2v) is 3.77. The number of unbranched alkanes of at least 4 members (excludes halogenated alkanes) is 1. The third kappa shape index (κ3) is 3.29. The Balaban J connectivity index is 2.76. The second-order valence-electron chi connectivity index (χ2n) is 3.36. The predicted molar refractivity (Wildman–Crippen MR) is 61.7 cm³/mol. The maximum atomic E-state index is 9.68. The van der Waals surface area contributed by atoms with Gasteiger partial charge in [0.15, 0.2) is 0 Å². The fourth-order valence-corrected chi connectivity index (χ4v) is 1.66. The lowest BCUT2D eigenvalue weighted by molar-refractivity contribution is 0.406. The average molecular weight is 230 g/mol. The molecule has 0 unspecified atom stereocenters. The van der Waals surface area contributed by atoms with Gasteiger partial charge in [0.2, 0.25) is 0 Å². The summed E-state index contributed by atoms with van der Waals surface area (Å²) in [5.74, 6) is 0.727. The van der Waals surface area contributed by atoms with Crippen molar-refractivity contribution in [2.24, 2.45) is 5.73 Å². The minimum Gasteiger partial charge on any atom is -0.508 e. The molecule has 0 atom stereocenters. The Morgan fingerprint density at radius 3 is 2.73 bits per heavy atom. The molecule has 0 heterocycles. The Kier molecular flexibility index (Phi) is 4.72. The van der Waals surface area contributed by atoms with E-state index in [2.05, 4.69) is 0 Å². The van der Waals surface area contributed by atoms with E-state index in [4.69, 9.17) is 22.1 Å². The van der Waals surface area contributed by atoms with Crippen molar-refractivity contribution >= 4 is 11.6 Å². The minimum atomic E-state index is 0.230. The molecule has 0 radical (unpaired) electrons. The van der Waals surface area contributed by atoms with Crippen molar-refractivity contribution in [1.82, 2.24) is 0 Å². The van der Waals surface area contributed by atoms with Gasteiger partial charge in [0.1, 0.15) is 11.5 Å². The van der Waals surface area contributed by atoms with Crippen molar-refractivity contribution < 1.29 is 9.84 Å². The number of ether oxygens (including phenoxy) is 1. The van der Waals surface area contributed by atoms with Crippen LogP contribution in [-0.2, 0) is 6.42 Å². The first-order valence-corrected chi connectivity index (χ1v) is 5.32. The molecule has 15 heavy (non-hydrogen) atoms. The highest BCUT2D eigenvalue weighted by Crippen LogP contribution is 2.32. The van der Waals surface area contributed by atoms with Gasteiger partial charge in [-0.05, 0) is 37.4 Å². The molecule has 0 aliphatic rings.